The van der Waals surface area contributed by atoms with Crippen molar-refractivity contribution in [3.8, 4) is 0 Å². The first kappa shape index (κ1) is 16.9. The average molecular weight is 462 g/mol. The van der Waals surface area contributed by atoms with Crippen LogP contribution in [-0.2, 0) is 16.1 Å². The van der Waals surface area contributed by atoms with Crippen molar-refractivity contribution in [3.63, 3.8) is 0 Å². The van der Waals surface area contributed by atoms with Gasteiger partial charge in [-0.25, -0.2) is 4.72 Å². The molecule has 5 nitrogen and oxygen atoms in total. The number of carbonyl (C=O) groups excluding carboxylic acids is 1. The normalized spacial score (nSPS) is 17.3. The maximum absolute atomic E-state index is 11.4. The lowest BCUT2D eigenvalue weighted by molar-refractivity contribution is -0.139. The summed E-state index contributed by atoms with van der Waals surface area (Å²) in [7, 11) is 0. The Hall–Kier alpha value is -0.960. The molecule has 122 valence electrons. The van der Waals surface area contributed by atoms with Crippen molar-refractivity contribution in [2.75, 3.05) is 11.9 Å². The van der Waals surface area contributed by atoms with Gasteiger partial charge in [0.2, 0.25) is 0 Å². The summed E-state index contributed by atoms with van der Waals surface area (Å²) in [6.07, 6.45) is 0.722. The monoisotopic (exact) mass is 460 g/mol. The standard InChI is InChI=1S/C15H14Br2N2O3S/c16-12-7-10(22-14(12)17)8-18-9-1-3-11(4-2-9)23-19-13-5-6-21-15(13)20/h1-4,7,13,18-19H,5-6,8H2. The van der Waals surface area contributed by atoms with Gasteiger partial charge in [0.25, 0.3) is 0 Å². The highest BCUT2D eigenvalue weighted by Crippen LogP contribution is 2.27. The van der Waals surface area contributed by atoms with Gasteiger partial charge in [0.05, 0.1) is 17.6 Å². The fourth-order valence-corrected chi connectivity index (χ4v) is 3.47. The number of nitrogens with one attached hydrogen (secondary N) is 2. The van der Waals surface area contributed by atoms with Crippen molar-refractivity contribution in [2.45, 2.75) is 23.9 Å². The first-order chi connectivity index (χ1) is 11.1. The van der Waals surface area contributed by atoms with E-state index in [0.29, 0.717) is 17.8 Å². The van der Waals surface area contributed by atoms with Crippen molar-refractivity contribution in [1.29, 1.82) is 0 Å². The van der Waals surface area contributed by atoms with Gasteiger partial charge < -0.3 is 14.5 Å². The topological polar surface area (TPSA) is 63.5 Å². The molecule has 3 rings (SSSR count). The second-order valence-electron chi connectivity index (χ2n) is 4.94. The molecule has 0 spiro atoms. The summed E-state index contributed by atoms with van der Waals surface area (Å²) in [6.45, 7) is 1.10. The van der Waals surface area contributed by atoms with Crippen LogP contribution in [0.1, 0.15) is 12.2 Å². The zero-order valence-corrected chi connectivity index (χ0v) is 16.0. The van der Waals surface area contributed by atoms with Crippen LogP contribution in [-0.4, -0.2) is 18.6 Å². The Morgan fingerprint density at radius 3 is 2.65 bits per heavy atom. The summed E-state index contributed by atoms with van der Waals surface area (Å²) < 4.78 is 15.2. The molecule has 2 aromatic rings. The highest BCUT2D eigenvalue weighted by atomic mass is 79.9. The minimum absolute atomic E-state index is 0.174. The van der Waals surface area contributed by atoms with E-state index in [2.05, 4.69) is 41.9 Å². The van der Waals surface area contributed by atoms with Crippen LogP contribution in [0.5, 0.6) is 0 Å². The number of esters is 1. The molecule has 1 saturated heterocycles. The van der Waals surface area contributed by atoms with Gasteiger partial charge in [0.1, 0.15) is 11.8 Å². The number of ether oxygens (including phenoxy) is 1. The quantitative estimate of drug-likeness (QED) is 0.493. The highest BCUT2D eigenvalue weighted by Gasteiger charge is 2.25. The van der Waals surface area contributed by atoms with Crippen LogP contribution in [0.2, 0.25) is 0 Å². The van der Waals surface area contributed by atoms with E-state index in [1.165, 1.54) is 11.9 Å². The molecule has 1 aromatic carbocycles. The third-order valence-corrected chi connectivity index (χ3v) is 5.89. The molecule has 1 aromatic heterocycles. The van der Waals surface area contributed by atoms with E-state index in [0.717, 1.165) is 27.2 Å². The summed E-state index contributed by atoms with van der Waals surface area (Å²) in [5.41, 5.74) is 0.998. The van der Waals surface area contributed by atoms with Gasteiger partial charge >= 0.3 is 5.97 Å². The summed E-state index contributed by atoms with van der Waals surface area (Å²) in [4.78, 5) is 12.4. The third-order valence-electron chi connectivity index (χ3n) is 3.27. The van der Waals surface area contributed by atoms with E-state index in [1.807, 2.05) is 30.3 Å². The lowest BCUT2D eigenvalue weighted by atomic mass is 10.3. The first-order valence-electron chi connectivity index (χ1n) is 6.98. The Kier molecular flexibility index (Phi) is 5.68. The fourth-order valence-electron chi connectivity index (χ4n) is 2.05. The molecular weight excluding hydrogens is 448 g/mol. The molecule has 0 radical (unpaired) electrons. The van der Waals surface area contributed by atoms with Crippen LogP contribution in [0.15, 0.2) is 48.8 Å². The predicted octanol–water partition coefficient (Wildman–Crippen LogP) is 4.33. The van der Waals surface area contributed by atoms with Crippen LogP contribution in [0, 0.1) is 0 Å². The molecule has 8 heteroatoms. The number of halogens is 2. The van der Waals surface area contributed by atoms with Crippen molar-refractivity contribution in [2.24, 2.45) is 0 Å². The molecule has 23 heavy (non-hydrogen) atoms. The molecule has 0 aliphatic carbocycles. The lowest BCUT2D eigenvalue weighted by Gasteiger charge is -2.09. The van der Waals surface area contributed by atoms with E-state index in [4.69, 9.17) is 9.15 Å². The summed E-state index contributed by atoms with van der Waals surface area (Å²) >= 11 is 8.15. The van der Waals surface area contributed by atoms with Crippen molar-refractivity contribution < 1.29 is 13.9 Å². The zero-order chi connectivity index (χ0) is 16.2. The average Bonchev–Trinajstić information content (AvgIpc) is 3.10. The van der Waals surface area contributed by atoms with Gasteiger partial charge in [-0.15, -0.1) is 0 Å². The van der Waals surface area contributed by atoms with Crippen LogP contribution >= 0.6 is 43.8 Å². The Balaban J connectivity index is 1.49. The number of cyclic esters (lactones) is 1. The van der Waals surface area contributed by atoms with Crippen LogP contribution in [0.25, 0.3) is 0 Å². The van der Waals surface area contributed by atoms with Crippen LogP contribution < -0.4 is 10.0 Å². The number of hydrogen-bond donors (Lipinski definition) is 2. The lowest BCUT2D eigenvalue weighted by Crippen LogP contribution is -2.27. The molecule has 2 heterocycles. The van der Waals surface area contributed by atoms with E-state index in [-0.39, 0.29) is 12.0 Å². The smallest absolute Gasteiger partial charge is 0.324 e. The molecule has 1 aliphatic heterocycles. The second kappa shape index (κ2) is 7.74. The van der Waals surface area contributed by atoms with Crippen molar-refractivity contribution in [1.82, 2.24) is 4.72 Å². The van der Waals surface area contributed by atoms with Gasteiger partial charge in [-0.05, 0) is 74.1 Å². The predicted molar refractivity (Wildman–Crippen MR) is 96.2 cm³/mol. The molecule has 0 bridgehead atoms. The maximum Gasteiger partial charge on any atom is 0.324 e. The van der Waals surface area contributed by atoms with Crippen molar-refractivity contribution in [3.05, 3.63) is 45.2 Å². The Morgan fingerprint density at radius 1 is 1.26 bits per heavy atom. The molecular formula is C15H14Br2N2O3S. The van der Waals surface area contributed by atoms with Gasteiger partial charge in [0, 0.05) is 17.0 Å². The van der Waals surface area contributed by atoms with E-state index < -0.39 is 0 Å². The van der Waals surface area contributed by atoms with Gasteiger partial charge in [-0.3, -0.25) is 4.79 Å². The van der Waals surface area contributed by atoms with E-state index in [9.17, 15) is 4.79 Å². The van der Waals surface area contributed by atoms with Gasteiger partial charge in [0.15, 0.2) is 4.67 Å². The molecule has 1 unspecified atom stereocenters. The Labute approximate surface area is 154 Å². The molecule has 1 aliphatic rings. The minimum Gasteiger partial charge on any atom is -0.464 e. The molecule has 0 amide bonds. The molecule has 2 N–H and O–H groups in total. The minimum atomic E-state index is -0.214. The van der Waals surface area contributed by atoms with E-state index in [1.54, 1.807) is 0 Å². The largest absolute Gasteiger partial charge is 0.464 e. The van der Waals surface area contributed by atoms with Crippen LogP contribution in [0.3, 0.4) is 0 Å². The maximum atomic E-state index is 11.4. The number of carbonyl (C=O) groups is 1. The molecule has 1 atom stereocenters. The van der Waals surface area contributed by atoms with Crippen LogP contribution in [0.4, 0.5) is 5.69 Å². The summed E-state index contributed by atoms with van der Waals surface area (Å²) in [6, 6.07) is 9.68. The number of hydrogen-bond acceptors (Lipinski definition) is 6. The SMILES string of the molecule is O=C1OCCC1NSc1ccc(NCc2cc(Br)c(Br)o2)cc1. The van der Waals surface area contributed by atoms with E-state index >= 15 is 0 Å². The third kappa shape index (κ3) is 4.53. The fraction of sp³-hybridized carbons (Fsp3) is 0.267. The highest BCUT2D eigenvalue weighted by molar-refractivity contribution is 9.13. The number of anilines is 1. The summed E-state index contributed by atoms with van der Waals surface area (Å²) in [5.74, 6) is 0.662. The Morgan fingerprint density at radius 2 is 2.04 bits per heavy atom. The number of furan rings is 1. The zero-order valence-electron chi connectivity index (χ0n) is 12.0. The Bertz CT molecular complexity index is 671. The summed E-state index contributed by atoms with van der Waals surface area (Å²) in [5, 5.41) is 3.29. The molecule has 1 fully saturated rings. The second-order valence-corrected chi connectivity index (χ2v) is 7.43. The first-order valence-corrected chi connectivity index (χ1v) is 9.39. The van der Waals surface area contributed by atoms with Crippen molar-refractivity contribution >= 4 is 55.5 Å². The number of rotatable bonds is 6. The molecule has 0 saturated carbocycles. The van der Waals surface area contributed by atoms with Gasteiger partial charge in [-0.1, -0.05) is 0 Å². The van der Waals surface area contributed by atoms with Gasteiger partial charge in [-0.2, -0.15) is 0 Å². The number of benzene rings is 1.